The maximum absolute atomic E-state index is 9.15. The van der Waals surface area contributed by atoms with Gasteiger partial charge in [0.1, 0.15) is 0 Å². The zero-order valence-corrected chi connectivity index (χ0v) is 11.4. The highest BCUT2D eigenvalue weighted by Gasteiger charge is 2.23. The molecule has 0 heterocycles. The minimum absolute atomic E-state index is 0.375. The van der Waals surface area contributed by atoms with Crippen LogP contribution < -0.4 is 0 Å². The molecule has 0 spiro atoms. The van der Waals surface area contributed by atoms with Gasteiger partial charge in [0.25, 0.3) is 0 Å². The van der Waals surface area contributed by atoms with Crippen molar-refractivity contribution in [3.05, 3.63) is 35.9 Å². The van der Waals surface area contributed by atoms with Crippen molar-refractivity contribution in [3.63, 3.8) is 0 Å². The van der Waals surface area contributed by atoms with Crippen molar-refractivity contribution in [2.24, 2.45) is 5.92 Å². The normalized spacial score (nSPS) is 24.4. The summed E-state index contributed by atoms with van der Waals surface area (Å²) in [6.07, 6.45) is 6.01. The summed E-state index contributed by atoms with van der Waals surface area (Å²) in [6, 6.07) is 11.4. The number of aliphatic hydroxyl groups excluding tert-OH is 1. The lowest BCUT2D eigenvalue weighted by atomic mass is 9.86. The molecule has 1 aliphatic carbocycles. The van der Waals surface area contributed by atoms with Crippen molar-refractivity contribution in [3.8, 4) is 0 Å². The molecule has 2 rings (SSSR count). The van der Waals surface area contributed by atoms with Gasteiger partial charge >= 0.3 is 0 Å². The molecule has 1 aromatic carbocycles. The van der Waals surface area contributed by atoms with E-state index in [4.69, 9.17) is 5.11 Å². The van der Waals surface area contributed by atoms with Gasteiger partial charge in [0.05, 0.1) is 0 Å². The van der Waals surface area contributed by atoms with Gasteiger partial charge in [0.15, 0.2) is 0 Å². The molecular weight excluding hydrogens is 222 g/mol. The summed E-state index contributed by atoms with van der Waals surface area (Å²) in [6.45, 7) is 1.51. The van der Waals surface area contributed by atoms with Crippen LogP contribution in [0, 0.1) is 5.92 Å². The Hall–Kier alpha value is -0.860. The Morgan fingerprint density at radius 3 is 2.39 bits per heavy atom. The van der Waals surface area contributed by atoms with Crippen LogP contribution in [0.1, 0.15) is 31.2 Å². The predicted octanol–water partition coefficient (Wildman–Crippen LogP) is 2.71. The second kappa shape index (κ2) is 6.91. The van der Waals surface area contributed by atoms with Crippen molar-refractivity contribution in [2.45, 2.75) is 38.1 Å². The summed E-state index contributed by atoms with van der Waals surface area (Å²) in [4.78, 5) is 2.50. The maximum Gasteiger partial charge on any atom is 0.0459 e. The van der Waals surface area contributed by atoms with Gasteiger partial charge in [-0.25, -0.2) is 0 Å². The highest BCUT2D eigenvalue weighted by Crippen LogP contribution is 2.26. The fourth-order valence-corrected chi connectivity index (χ4v) is 2.90. The van der Waals surface area contributed by atoms with E-state index in [1.54, 1.807) is 0 Å². The molecule has 0 atom stereocenters. The fourth-order valence-electron chi connectivity index (χ4n) is 2.90. The molecular formula is C16H25NO. The number of aliphatic hydroxyl groups is 1. The highest BCUT2D eigenvalue weighted by atomic mass is 16.3. The van der Waals surface area contributed by atoms with Crippen LogP contribution >= 0.6 is 0 Å². The van der Waals surface area contributed by atoms with Gasteiger partial charge in [0.2, 0.25) is 0 Å². The Balaban J connectivity index is 1.73. The topological polar surface area (TPSA) is 23.5 Å². The molecule has 100 valence electrons. The summed E-state index contributed by atoms with van der Waals surface area (Å²) in [5, 5.41) is 9.15. The van der Waals surface area contributed by atoms with Crippen LogP contribution in [0.15, 0.2) is 30.3 Å². The van der Waals surface area contributed by atoms with Crippen LogP contribution in [0.4, 0.5) is 0 Å². The summed E-state index contributed by atoms with van der Waals surface area (Å²) >= 11 is 0. The van der Waals surface area contributed by atoms with Crippen molar-refractivity contribution < 1.29 is 5.11 Å². The first-order valence-corrected chi connectivity index (χ1v) is 7.14. The van der Waals surface area contributed by atoms with E-state index in [9.17, 15) is 0 Å². The first kappa shape index (κ1) is 13.6. The Kier molecular flexibility index (Phi) is 5.21. The van der Waals surface area contributed by atoms with Crippen LogP contribution in [-0.4, -0.2) is 36.2 Å². The van der Waals surface area contributed by atoms with E-state index in [2.05, 4.69) is 42.3 Å². The monoisotopic (exact) mass is 247 g/mol. The third kappa shape index (κ3) is 3.82. The summed E-state index contributed by atoms with van der Waals surface area (Å²) < 4.78 is 0. The first-order chi connectivity index (χ1) is 8.79. The Bertz CT molecular complexity index is 330. The van der Waals surface area contributed by atoms with Gasteiger partial charge in [-0.1, -0.05) is 30.3 Å². The molecule has 1 aromatic rings. The average molecular weight is 247 g/mol. The predicted molar refractivity (Wildman–Crippen MR) is 75.6 cm³/mol. The highest BCUT2D eigenvalue weighted by molar-refractivity contribution is 5.14. The third-order valence-corrected chi connectivity index (χ3v) is 4.29. The number of rotatable bonds is 5. The first-order valence-electron chi connectivity index (χ1n) is 7.14. The van der Waals surface area contributed by atoms with E-state index in [1.807, 2.05) is 0 Å². The quantitative estimate of drug-likeness (QED) is 0.865. The van der Waals surface area contributed by atoms with Gasteiger partial charge in [-0.15, -0.1) is 0 Å². The van der Waals surface area contributed by atoms with E-state index in [0.29, 0.717) is 12.5 Å². The van der Waals surface area contributed by atoms with Crippen molar-refractivity contribution in [1.29, 1.82) is 0 Å². The number of nitrogens with zero attached hydrogens (tertiary/aromatic N) is 1. The molecule has 2 nitrogen and oxygen atoms in total. The second-order valence-corrected chi connectivity index (χ2v) is 5.57. The molecule has 0 bridgehead atoms. The minimum atomic E-state index is 0.375. The second-order valence-electron chi connectivity index (χ2n) is 5.57. The lowest BCUT2D eigenvalue weighted by molar-refractivity contribution is 0.128. The van der Waals surface area contributed by atoms with Crippen LogP contribution in [0.3, 0.4) is 0 Å². The van der Waals surface area contributed by atoms with Gasteiger partial charge in [-0.3, -0.25) is 0 Å². The Morgan fingerprint density at radius 2 is 1.78 bits per heavy atom. The number of likely N-dealkylation sites (N-methyl/N-ethyl adjacent to an activating group) is 1. The van der Waals surface area contributed by atoms with Crippen molar-refractivity contribution in [1.82, 2.24) is 4.90 Å². The SMILES string of the molecule is CN(CCc1ccccc1)C1CCC(CO)CC1. The van der Waals surface area contributed by atoms with E-state index in [-0.39, 0.29) is 0 Å². The van der Waals surface area contributed by atoms with E-state index in [1.165, 1.54) is 31.2 Å². The lowest BCUT2D eigenvalue weighted by Gasteiger charge is -2.34. The fraction of sp³-hybridized carbons (Fsp3) is 0.625. The van der Waals surface area contributed by atoms with Gasteiger partial charge in [0, 0.05) is 19.2 Å². The molecule has 0 saturated heterocycles. The molecule has 1 N–H and O–H groups in total. The third-order valence-electron chi connectivity index (χ3n) is 4.29. The molecule has 18 heavy (non-hydrogen) atoms. The molecule has 0 aromatic heterocycles. The molecule has 0 amide bonds. The average Bonchev–Trinajstić information content (AvgIpc) is 2.46. The zero-order chi connectivity index (χ0) is 12.8. The number of benzene rings is 1. The van der Waals surface area contributed by atoms with E-state index < -0.39 is 0 Å². The lowest BCUT2D eigenvalue weighted by Crippen LogP contribution is -2.36. The number of hydrogen-bond acceptors (Lipinski definition) is 2. The van der Waals surface area contributed by atoms with E-state index in [0.717, 1.165) is 19.0 Å². The van der Waals surface area contributed by atoms with Crippen LogP contribution in [-0.2, 0) is 6.42 Å². The molecule has 1 fully saturated rings. The van der Waals surface area contributed by atoms with Crippen molar-refractivity contribution >= 4 is 0 Å². The largest absolute Gasteiger partial charge is 0.396 e. The van der Waals surface area contributed by atoms with Crippen LogP contribution in [0.5, 0.6) is 0 Å². The smallest absolute Gasteiger partial charge is 0.0459 e. The van der Waals surface area contributed by atoms with Gasteiger partial charge < -0.3 is 10.0 Å². The summed E-state index contributed by atoms with van der Waals surface area (Å²) in [7, 11) is 2.24. The summed E-state index contributed by atoms with van der Waals surface area (Å²) in [5.74, 6) is 0.559. The summed E-state index contributed by atoms with van der Waals surface area (Å²) in [5.41, 5.74) is 1.42. The zero-order valence-electron chi connectivity index (χ0n) is 11.4. The van der Waals surface area contributed by atoms with Crippen LogP contribution in [0.2, 0.25) is 0 Å². The molecule has 2 heteroatoms. The van der Waals surface area contributed by atoms with Gasteiger partial charge in [-0.2, -0.15) is 0 Å². The van der Waals surface area contributed by atoms with Crippen molar-refractivity contribution in [2.75, 3.05) is 20.2 Å². The van der Waals surface area contributed by atoms with E-state index >= 15 is 0 Å². The maximum atomic E-state index is 9.15. The molecule has 0 aliphatic heterocycles. The minimum Gasteiger partial charge on any atom is -0.396 e. The van der Waals surface area contributed by atoms with Gasteiger partial charge in [-0.05, 0) is 50.6 Å². The standard InChI is InChI=1S/C16H25NO/c1-17(12-11-14-5-3-2-4-6-14)16-9-7-15(13-18)8-10-16/h2-6,15-16,18H,7-13H2,1H3. The molecule has 1 aliphatic rings. The number of hydrogen-bond donors (Lipinski definition) is 1. The van der Waals surface area contributed by atoms with Crippen LogP contribution in [0.25, 0.3) is 0 Å². The molecule has 0 radical (unpaired) electrons. The Labute approximate surface area is 111 Å². The molecule has 0 unspecified atom stereocenters. The molecule has 1 saturated carbocycles. The Morgan fingerprint density at radius 1 is 1.11 bits per heavy atom.